The van der Waals surface area contributed by atoms with Crippen LogP contribution in [0.25, 0.3) is 0 Å². The molecule has 3 heteroatoms. The van der Waals surface area contributed by atoms with Gasteiger partial charge in [-0.15, -0.1) is 0 Å². The minimum absolute atomic E-state index is 0.610. The molecule has 0 aliphatic heterocycles. The lowest BCUT2D eigenvalue weighted by molar-refractivity contribution is 0.254. The average Bonchev–Trinajstić information content (AvgIpc) is 2.47. The number of hydrogen-bond acceptors (Lipinski definition) is 2. The fourth-order valence-corrected chi connectivity index (χ4v) is 4.21. The summed E-state index contributed by atoms with van der Waals surface area (Å²) in [5, 5.41) is 0. The van der Waals surface area contributed by atoms with Gasteiger partial charge in [0.15, 0.2) is 0 Å². The van der Waals surface area contributed by atoms with Gasteiger partial charge in [-0.05, 0) is 63.2 Å². The van der Waals surface area contributed by atoms with E-state index in [-0.39, 0.29) is 0 Å². The van der Waals surface area contributed by atoms with Crippen LogP contribution in [0.5, 0.6) is 0 Å². The Morgan fingerprint density at radius 3 is 2.50 bits per heavy atom. The Hall–Kier alpha value is -0.700. The monoisotopic (exact) mass is 290 g/mol. The lowest BCUT2D eigenvalue weighted by atomic mass is 9.76. The lowest BCUT2D eigenvalue weighted by Gasteiger charge is -2.31. The summed E-state index contributed by atoms with van der Waals surface area (Å²) in [4.78, 5) is 8.38. The molecule has 2 nitrogen and oxygen atoms in total. The Labute approximate surface area is 127 Å². The van der Waals surface area contributed by atoms with Crippen LogP contribution < -0.4 is 0 Å². The van der Waals surface area contributed by atoms with E-state index in [9.17, 15) is 0 Å². The molecule has 2 aliphatic carbocycles. The van der Waals surface area contributed by atoms with E-state index in [1.807, 2.05) is 0 Å². The summed E-state index contributed by atoms with van der Waals surface area (Å²) in [6, 6.07) is 0. The fourth-order valence-electron chi connectivity index (χ4n) is 3.89. The molecule has 1 heterocycles. The van der Waals surface area contributed by atoms with Gasteiger partial charge in [0.05, 0.1) is 0 Å². The molecule has 1 N–H and O–H groups in total. The number of H-pyrrole nitrogens is 1. The molecule has 0 atom stereocenters. The Kier molecular flexibility index (Phi) is 4.25. The number of aromatic nitrogens is 2. The second-order valence-corrected chi connectivity index (χ2v) is 7.33. The third-order valence-electron chi connectivity index (χ3n) is 5.33. The first-order chi connectivity index (χ1) is 9.65. The second kappa shape index (κ2) is 5.97. The highest BCUT2D eigenvalue weighted by atomic mass is 32.1. The third-order valence-corrected chi connectivity index (χ3v) is 5.67. The van der Waals surface area contributed by atoms with Crippen LogP contribution in [-0.2, 0) is 12.8 Å². The van der Waals surface area contributed by atoms with Gasteiger partial charge in [-0.25, -0.2) is 4.98 Å². The Morgan fingerprint density at radius 1 is 1.10 bits per heavy atom. The molecular formula is C17H26N2S. The first-order valence-electron chi connectivity index (χ1n) is 8.27. The van der Waals surface area contributed by atoms with Gasteiger partial charge in [-0.2, -0.15) is 0 Å². The van der Waals surface area contributed by atoms with Crippen LogP contribution in [0.4, 0.5) is 0 Å². The van der Waals surface area contributed by atoms with Crippen molar-refractivity contribution in [2.24, 2.45) is 11.8 Å². The van der Waals surface area contributed by atoms with Gasteiger partial charge in [0.1, 0.15) is 10.5 Å². The molecular weight excluding hydrogens is 264 g/mol. The van der Waals surface area contributed by atoms with Crippen molar-refractivity contribution in [2.75, 3.05) is 0 Å². The molecule has 0 amide bonds. The van der Waals surface area contributed by atoms with E-state index >= 15 is 0 Å². The zero-order valence-electron chi connectivity index (χ0n) is 12.7. The summed E-state index contributed by atoms with van der Waals surface area (Å²) in [5.41, 5.74) is 2.71. The predicted octanol–water partition coefficient (Wildman–Crippen LogP) is 4.95. The maximum atomic E-state index is 5.53. The molecule has 0 radical (unpaired) electrons. The van der Waals surface area contributed by atoms with Crippen molar-refractivity contribution in [2.45, 2.75) is 71.1 Å². The summed E-state index contributed by atoms with van der Waals surface area (Å²) in [5.74, 6) is 3.52. The third kappa shape index (κ3) is 2.83. The van der Waals surface area contributed by atoms with Crippen molar-refractivity contribution in [3.63, 3.8) is 0 Å². The molecule has 1 fully saturated rings. The van der Waals surface area contributed by atoms with Crippen LogP contribution >= 0.6 is 12.2 Å². The molecule has 0 spiro atoms. The Morgan fingerprint density at radius 2 is 1.80 bits per heavy atom. The zero-order chi connectivity index (χ0) is 14.1. The number of rotatable bonds is 2. The molecule has 0 aromatic carbocycles. The molecule has 1 saturated carbocycles. The van der Waals surface area contributed by atoms with Gasteiger partial charge in [0.2, 0.25) is 0 Å². The first kappa shape index (κ1) is 14.2. The summed E-state index contributed by atoms with van der Waals surface area (Å²) in [6.45, 7) is 4.71. The molecule has 0 unspecified atom stereocenters. The number of nitrogens with one attached hydrogen (secondary N) is 1. The van der Waals surface area contributed by atoms with Crippen LogP contribution in [0.1, 0.15) is 75.4 Å². The Bertz CT molecular complexity index is 524. The smallest absolute Gasteiger partial charge is 0.133 e. The fraction of sp³-hybridized carbons (Fsp3) is 0.765. The first-order valence-corrected chi connectivity index (χ1v) is 8.68. The quantitative estimate of drug-likeness (QED) is 0.781. The number of nitrogens with zero attached hydrogens (tertiary/aromatic N) is 1. The summed E-state index contributed by atoms with van der Waals surface area (Å²) >= 11 is 5.53. The average molecular weight is 290 g/mol. The highest BCUT2D eigenvalue weighted by Crippen LogP contribution is 2.37. The largest absolute Gasteiger partial charge is 0.347 e. The zero-order valence-corrected chi connectivity index (χ0v) is 13.6. The predicted molar refractivity (Wildman–Crippen MR) is 85.6 cm³/mol. The molecule has 1 aromatic heterocycles. The van der Waals surface area contributed by atoms with Gasteiger partial charge in [-0.3, -0.25) is 0 Å². The highest BCUT2D eigenvalue weighted by molar-refractivity contribution is 7.71. The Balaban J connectivity index is 1.78. The van der Waals surface area contributed by atoms with Crippen LogP contribution in [-0.4, -0.2) is 9.97 Å². The number of aryl methyl sites for hydroxylation is 1. The second-order valence-electron chi connectivity index (χ2n) is 6.95. The summed E-state index contributed by atoms with van der Waals surface area (Å²) < 4.78 is 0.874. The van der Waals surface area contributed by atoms with E-state index in [1.54, 1.807) is 0 Å². The topological polar surface area (TPSA) is 28.7 Å². The maximum absolute atomic E-state index is 5.53. The van der Waals surface area contributed by atoms with Crippen molar-refractivity contribution in [1.29, 1.82) is 0 Å². The van der Waals surface area contributed by atoms with E-state index in [1.165, 1.54) is 55.6 Å². The van der Waals surface area contributed by atoms with Gasteiger partial charge in [0, 0.05) is 17.2 Å². The lowest BCUT2D eigenvalue weighted by Crippen LogP contribution is -2.20. The van der Waals surface area contributed by atoms with Crippen molar-refractivity contribution in [3.8, 4) is 0 Å². The molecule has 2 aliphatic rings. The standard InChI is InChI=1S/C17H26N2S/c1-11(2)12-7-9-13(10-8-12)16-18-15-6-4-3-5-14(15)17(20)19-16/h11-13H,3-10H2,1-2H3,(H,18,19,20). The number of aromatic amines is 1. The normalized spacial score (nSPS) is 26.6. The van der Waals surface area contributed by atoms with Gasteiger partial charge in [0.25, 0.3) is 0 Å². The van der Waals surface area contributed by atoms with Crippen molar-refractivity contribution < 1.29 is 0 Å². The van der Waals surface area contributed by atoms with E-state index in [4.69, 9.17) is 17.2 Å². The van der Waals surface area contributed by atoms with Gasteiger partial charge in [-0.1, -0.05) is 26.1 Å². The van der Waals surface area contributed by atoms with E-state index in [0.717, 1.165) is 29.3 Å². The minimum atomic E-state index is 0.610. The summed E-state index contributed by atoms with van der Waals surface area (Å²) in [7, 11) is 0. The van der Waals surface area contributed by atoms with E-state index in [2.05, 4.69) is 18.8 Å². The summed E-state index contributed by atoms with van der Waals surface area (Å²) in [6.07, 6.45) is 10.1. The SMILES string of the molecule is CC(C)C1CCC(c2nc(=S)c3c([nH]2)CCCC3)CC1. The van der Waals surface area contributed by atoms with Crippen molar-refractivity contribution in [3.05, 3.63) is 21.7 Å². The van der Waals surface area contributed by atoms with Crippen LogP contribution in [0.3, 0.4) is 0 Å². The number of fused-ring (bicyclic) bond motifs is 1. The van der Waals surface area contributed by atoms with Gasteiger partial charge >= 0.3 is 0 Å². The highest BCUT2D eigenvalue weighted by Gasteiger charge is 2.26. The van der Waals surface area contributed by atoms with Crippen LogP contribution in [0.2, 0.25) is 0 Å². The van der Waals surface area contributed by atoms with E-state index in [0.29, 0.717) is 5.92 Å². The van der Waals surface area contributed by atoms with E-state index < -0.39 is 0 Å². The molecule has 20 heavy (non-hydrogen) atoms. The van der Waals surface area contributed by atoms with Crippen LogP contribution in [0.15, 0.2) is 0 Å². The minimum Gasteiger partial charge on any atom is -0.347 e. The number of hydrogen-bond donors (Lipinski definition) is 1. The van der Waals surface area contributed by atoms with Crippen molar-refractivity contribution >= 4 is 12.2 Å². The molecule has 0 bridgehead atoms. The molecule has 3 rings (SSSR count). The van der Waals surface area contributed by atoms with Crippen LogP contribution in [0, 0.1) is 16.5 Å². The molecule has 110 valence electrons. The van der Waals surface area contributed by atoms with Gasteiger partial charge < -0.3 is 4.98 Å². The molecule has 1 aromatic rings. The molecule has 0 saturated heterocycles. The van der Waals surface area contributed by atoms with Crippen molar-refractivity contribution in [1.82, 2.24) is 9.97 Å². The maximum Gasteiger partial charge on any atom is 0.133 e.